The van der Waals surface area contributed by atoms with Crippen LogP contribution in [0.15, 0.2) is 162 Å². The summed E-state index contributed by atoms with van der Waals surface area (Å²) in [6, 6.07) is 0. The van der Waals surface area contributed by atoms with Gasteiger partial charge < -0.3 is 72.7 Å². The quantitative estimate of drug-likeness (QED) is 0.00623. The van der Waals surface area contributed by atoms with Crippen LogP contribution in [0.25, 0.3) is 0 Å². The van der Waals surface area contributed by atoms with Gasteiger partial charge >= 0.3 is 16.4 Å². The Kier molecular flexibility index (Phi) is 49.3. The second kappa shape index (κ2) is 51.4. The maximum atomic E-state index is 11.5. The Labute approximate surface area is 517 Å². The second-order valence-electron chi connectivity index (χ2n) is 21.4. The van der Waals surface area contributed by atoms with Crippen LogP contribution >= 0.6 is 0 Å². The predicted molar refractivity (Wildman–Crippen MR) is 343 cm³/mol. The molecule has 0 amide bonds. The Morgan fingerprint density at radius 2 is 0.977 bits per heavy atom. The third-order valence-corrected chi connectivity index (χ3v) is 13.7. The van der Waals surface area contributed by atoms with Gasteiger partial charge in [0.05, 0.1) is 73.2 Å². The molecule has 87 heavy (non-hydrogen) atoms. The molecule has 0 saturated carbocycles. The zero-order valence-corrected chi connectivity index (χ0v) is 52.4. The first kappa shape index (κ1) is 83.5. The molecule has 0 aliphatic heterocycles. The molecule has 0 bridgehead atoms. The molecule has 0 aromatic heterocycles. The van der Waals surface area contributed by atoms with Gasteiger partial charge in [0.1, 0.15) is 5.78 Å². The minimum Gasteiger partial charge on any atom is -0.478 e. The molecule has 17 N–H and O–H groups in total. The van der Waals surface area contributed by atoms with Gasteiger partial charge in [0, 0.05) is 49.1 Å². The number of nitrogens with two attached hydrogens (primary N) is 2. The number of allylic oxidation sites excluding steroid dienone is 16. The molecule has 22 heteroatoms. The van der Waals surface area contributed by atoms with Crippen LogP contribution in [0.3, 0.4) is 0 Å². The summed E-state index contributed by atoms with van der Waals surface area (Å²) in [6.07, 6.45) is 37.3. The maximum Gasteiger partial charge on any atom is 0.397 e. The molecule has 0 aliphatic carbocycles. The molecular weight excluding hydrogens is 1140 g/mol. The third kappa shape index (κ3) is 51.1. The van der Waals surface area contributed by atoms with Crippen LogP contribution in [0, 0.1) is 17.8 Å². The molecule has 0 radical (unpaired) electrons. The van der Waals surface area contributed by atoms with Crippen LogP contribution in [0.4, 0.5) is 0 Å². The first-order valence-electron chi connectivity index (χ1n) is 29.6. The van der Waals surface area contributed by atoms with E-state index in [2.05, 4.69) is 9.18 Å². The van der Waals surface area contributed by atoms with Crippen LogP contribution in [-0.4, -0.2) is 172 Å². The number of carbonyl (C=O) groups is 2. The summed E-state index contributed by atoms with van der Waals surface area (Å²) in [5.74, 6) is -2.38. The first-order valence-corrected chi connectivity index (χ1v) is 31.0. The summed E-state index contributed by atoms with van der Waals surface area (Å²) in [5, 5.41) is 120. The lowest BCUT2D eigenvalue weighted by atomic mass is 9.88. The van der Waals surface area contributed by atoms with E-state index in [1.165, 1.54) is 45.1 Å². The summed E-state index contributed by atoms with van der Waals surface area (Å²) < 4.78 is 35.5. The SMILES string of the molecule is CC(=O)C(C)C(C/C=C/C=C/C=C/C=C/C=C/C=C/C(O)C(C)C(O)C(C)/C=C/CC/C=C/C=C/C=C(\C)C(=O)O)OS(=O)(=O)O.CCC(O)CC(O)/C=C/CC(O)CC(O)CC(O)/C=C/CC(O)CC(O)/C=C/CC(O)CC(O)CCCN=C(N)N. The molecular formula is C65H105N3O18S. The fourth-order valence-corrected chi connectivity index (χ4v) is 8.35. The summed E-state index contributed by atoms with van der Waals surface area (Å²) in [7, 11) is -4.66. The number of aliphatic hydroxyl groups is 11. The smallest absolute Gasteiger partial charge is 0.397 e. The van der Waals surface area contributed by atoms with E-state index in [9.17, 15) is 74.2 Å². The van der Waals surface area contributed by atoms with Crippen molar-refractivity contribution in [3.05, 3.63) is 157 Å². The summed E-state index contributed by atoms with van der Waals surface area (Å²) in [6.45, 7) is 10.3. The molecule has 0 fully saturated rings. The monoisotopic (exact) mass is 1250 g/mol. The lowest BCUT2D eigenvalue weighted by Crippen LogP contribution is -2.32. The van der Waals surface area contributed by atoms with Crippen LogP contribution in [0.1, 0.15) is 131 Å². The van der Waals surface area contributed by atoms with Gasteiger partial charge in [0.25, 0.3) is 0 Å². The Balaban J connectivity index is 0. The highest BCUT2D eigenvalue weighted by atomic mass is 32.3. The largest absolute Gasteiger partial charge is 0.478 e. The van der Waals surface area contributed by atoms with E-state index >= 15 is 0 Å². The second-order valence-corrected chi connectivity index (χ2v) is 22.4. The number of carboxylic acid groups (broad SMARTS) is 1. The van der Waals surface area contributed by atoms with Crippen LogP contribution < -0.4 is 11.5 Å². The van der Waals surface area contributed by atoms with Gasteiger partial charge in [-0.1, -0.05) is 180 Å². The molecule has 15 atom stereocenters. The number of nitrogens with zero attached hydrogens (tertiary/aromatic N) is 1. The van der Waals surface area contributed by atoms with E-state index in [4.69, 9.17) is 21.1 Å². The predicted octanol–water partition coefficient (Wildman–Crippen LogP) is 6.09. The number of aliphatic carboxylic acids is 1. The molecule has 0 rings (SSSR count). The summed E-state index contributed by atoms with van der Waals surface area (Å²) in [5.41, 5.74) is 10.7. The van der Waals surface area contributed by atoms with E-state index in [0.717, 1.165) is 12.8 Å². The van der Waals surface area contributed by atoms with Crippen molar-refractivity contribution in [3.63, 3.8) is 0 Å². The normalized spacial score (nSPS) is 18.6. The van der Waals surface area contributed by atoms with Gasteiger partial charge in [-0.3, -0.25) is 14.3 Å². The third-order valence-electron chi connectivity index (χ3n) is 13.2. The van der Waals surface area contributed by atoms with Crippen molar-refractivity contribution in [3.8, 4) is 0 Å². The van der Waals surface area contributed by atoms with E-state index in [-0.39, 0.29) is 86.9 Å². The van der Waals surface area contributed by atoms with Crippen molar-refractivity contribution in [2.75, 3.05) is 6.54 Å². The van der Waals surface area contributed by atoms with Crippen molar-refractivity contribution in [2.45, 2.75) is 205 Å². The van der Waals surface area contributed by atoms with Gasteiger partial charge in [-0.05, 0) is 84.5 Å². The minimum absolute atomic E-state index is 0.00264. The lowest BCUT2D eigenvalue weighted by Gasteiger charge is -2.25. The zero-order chi connectivity index (χ0) is 66.2. The van der Waals surface area contributed by atoms with E-state index in [0.29, 0.717) is 25.8 Å². The Morgan fingerprint density at radius 3 is 1.47 bits per heavy atom. The molecule has 21 nitrogen and oxygen atoms in total. The molecule has 0 aliphatic rings. The van der Waals surface area contributed by atoms with Crippen molar-refractivity contribution in [1.82, 2.24) is 0 Å². The van der Waals surface area contributed by atoms with Gasteiger partial charge in [0.2, 0.25) is 0 Å². The van der Waals surface area contributed by atoms with Crippen molar-refractivity contribution in [1.29, 1.82) is 0 Å². The van der Waals surface area contributed by atoms with Crippen molar-refractivity contribution < 1.29 is 88.0 Å². The van der Waals surface area contributed by atoms with Gasteiger partial charge in [0.15, 0.2) is 5.96 Å². The van der Waals surface area contributed by atoms with Gasteiger partial charge in [-0.25, -0.2) is 8.98 Å². The van der Waals surface area contributed by atoms with Crippen LogP contribution in [0.5, 0.6) is 0 Å². The molecule has 0 heterocycles. The summed E-state index contributed by atoms with van der Waals surface area (Å²) >= 11 is 0. The van der Waals surface area contributed by atoms with Crippen molar-refractivity contribution >= 4 is 28.1 Å². The number of carbonyl (C=O) groups excluding carboxylic acids is 1. The number of aliphatic imine (C=N–C) groups is 1. The van der Waals surface area contributed by atoms with E-state index < -0.39 is 95.5 Å². The van der Waals surface area contributed by atoms with Crippen molar-refractivity contribution in [2.24, 2.45) is 34.2 Å². The Hall–Kier alpha value is -5.54. The molecule has 0 aromatic carbocycles. The van der Waals surface area contributed by atoms with E-state index in [1.54, 1.807) is 98.1 Å². The fraction of sp³-hybridized carbons (Fsp3) is 0.554. The van der Waals surface area contributed by atoms with Crippen LogP contribution in [0.2, 0.25) is 0 Å². The Morgan fingerprint density at radius 1 is 0.529 bits per heavy atom. The highest BCUT2D eigenvalue weighted by Crippen LogP contribution is 2.20. The fourth-order valence-electron chi connectivity index (χ4n) is 7.79. The standard InChI is InChI=1S/C36H50O9S.C29H55N3O9/c1-28(24-20-16-12-11-13-17-21-25-29(2)36(40)41)35(39)31(4)33(38)26-22-18-14-9-7-6-8-10-15-19-23-27-34(30(3)32(5)37)45-46(42,43)44;1-2-20(33)15-21(34)7-3-11-25(38)18-28(41)19-26(39)12-5-10-23(36)16-22(35)8-4-9-24(37)17-27(40)13-6-14-32-29(30)31/h6-11,13-15,17-26,28,30-31,33-35,38-39H,12,16,27H2,1-5H3,(H,40,41)(H,42,43,44);3-5,7-8,12,20-28,33-41H,2,6,9-11,13-19H2,1H3,(H4,30,31,32)/b8-6+,9-7+,13-11+,15-10+,18-14+,21-17+,23-19+,24-20+,26-22+,29-25+;7-3+,8-4+,12-5+. The average Bonchev–Trinajstić information content (AvgIpc) is 3.57. The number of unbranched alkanes of at least 4 members (excludes halogenated alkanes) is 1. The molecule has 494 valence electrons. The number of aliphatic hydroxyl groups excluding tert-OH is 11. The number of rotatable bonds is 46. The lowest BCUT2D eigenvalue weighted by molar-refractivity contribution is -0.132. The highest BCUT2D eigenvalue weighted by molar-refractivity contribution is 7.80. The number of guanidine groups is 1. The number of ketones is 1. The van der Waals surface area contributed by atoms with Gasteiger partial charge in [-0.15, -0.1) is 0 Å². The summed E-state index contributed by atoms with van der Waals surface area (Å²) in [4.78, 5) is 26.1. The molecule has 0 spiro atoms. The average molecular weight is 1250 g/mol. The van der Waals surface area contributed by atoms with Gasteiger partial charge in [-0.2, -0.15) is 8.42 Å². The Bertz CT molecular complexity index is 2400. The number of hydrogen-bond acceptors (Lipinski definition) is 17. The molecule has 15 unspecified atom stereocenters. The molecule has 0 saturated heterocycles. The number of hydrogen-bond donors (Lipinski definition) is 15. The zero-order valence-electron chi connectivity index (χ0n) is 51.6. The number of Topliss-reactive ketones (excluding diaryl/α,β-unsaturated/α-hetero) is 1. The maximum absolute atomic E-state index is 11.5. The number of carboxylic acids is 1. The molecule has 0 aromatic rings. The topological polar surface area (TPSA) is 405 Å². The highest BCUT2D eigenvalue weighted by Gasteiger charge is 2.26. The minimum atomic E-state index is -4.66. The van der Waals surface area contributed by atoms with E-state index in [1.807, 2.05) is 50.3 Å². The first-order chi connectivity index (χ1) is 41.0. The van der Waals surface area contributed by atoms with Crippen LogP contribution in [-0.2, 0) is 24.2 Å².